The van der Waals surface area contributed by atoms with Crippen LogP contribution in [0.1, 0.15) is 11.1 Å². The monoisotopic (exact) mass is 505 g/mol. The zero-order valence-corrected chi connectivity index (χ0v) is 18.8. The molecule has 3 rings (SSSR count). The molecule has 0 spiro atoms. The van der Waals surface area contributed by atoms with Crippen LogP contribution in [0.2, 0.25) is 0 Å². The van der Waals surface area contributed by atoms with E-state index in [2.05, 4.69) is 21.2 Å². The number of methoxy groups -OCH3 is 1. The van der Waals surface area contributed by atoms with Crippen molar-refractivity contribution in [2.45, 2.75) is 6.61 Å². The number of rotatable bonds is 6. The van der Waals surface area contributed by atoms with Crippen molar-refractivity contribution in [2.24, 2.45) is 0 Å². The number of carbonyl (C=O) groups is 2. The molecule has 0 atom stereocenters. The molecule has 0 radical (unpaired) electrons. The maximum atomic E-state index is 12.4. The Bertz CT molecular complexity index is 1130. The zero-order chi connectivity index (χ0) is 22.7. The third kappa shape index (κ3) is 4.89. The highest BCUT2D eigenvalue weighted by Crippen LogP contribution is 2.38. The van der Waals surface area contributed by atoms with Crippen molar-refractivity contribution in [1.82, 2.24) is 10.2 Å². The highest BCUT2D eigenvalue weighted by Gasteiger charge is 2.30. The Morgan fingerprint density at radius 3 is 2.71 bits per heavy atom. The minimum absolute atomic E-state index is 0.0334. The Labute approximate surface area is 190 Å². The van der Waals surface area contributed by atoms with E-state index in [1.54, 1.807) is 24.3 Å². The fourth-order valence-electron chi connectivity index (χ4n) is 2.79. The summed E-state index contributed by atoms with van der Waals surface area (Å²) in [6, 6.07) is 9.37. The molecule has 1 saturated heterocycles. The molecule has 0 aromatic heterocycles. The van der Waals surface area contributed by atoms with Crippen molar-refractivity contribution in [3.8, 4) is 11.5 Å². The third-order valence-corrected chi connectivity index (χ3v) is 5.34. The lowest BCUT2D eigenvalue weighted by Crippen LogP contribution is -2.52. The second-order valence-electron chi connectivity index (χ2n) is 6.43. The first-order chi connectivity index (χ1) is 14.7. The van der Waals surface area contributed by atoms with Crippen molar-refractivity contribution in [2.75, 3.05) is 14.2 Å². The van der Waals surface area contributed by atoms with E-state index >= 15 is 0 Å². The molecular formula is C20H16BrN3O6S. The van der Waals surface area contributed by atoms with E-state index in [9.17, 15) is 19.7 Å². The van der Waals surface area contributed by atoms with Gasteiger partial charge in [0.2, 0.25) is 0 Å². The molecule has 0 bridgehead atoms. The molecule has 2 aromatic rings. The summed E-state index contributed by atoms with van der Waals surface area (Å²) in [5.41, 5.74) is 1.02. The van der Waals surface area contributed by atoms with Gasteiger partial charge in [-0.05, 0) is 57.5 Å². The van der Waals surface area contributed by atoms with Gasteiger partial charge in [0, 0.05) is 19.2 Å². The lowest BCUT2D eigenvalue weighted by molar-refractivity contribution is -0.384. The minimum atomic E-state index is -0.589. The fraction of sp³-hybridized carbons (Fsp3) is 0.150. The molecule has 2 amide bonds. The summed E-state index contributed by atoms with van der Waals surface area (Å²) in [6.07, 6.45) is 1.42. The highest BCUT2D eigenvalue weighted by atomic mass is 79.9. The number of nitrogens with one attached hydrogen (secondary N) is 1. The normalized spacial score (nSPS) is 15.1. The highest BCUT2D eigenvalue weighted by molar-refractivity contribution is 9.10. The molecule has 160 valence electrons. The Kier molecular flexibility index (Phi) is 6.66. The molecular weight excluding hydrogens is 490 g/mol. The van der Waals surface area contributed by atoms with E-state index in [1.165, 1.54) is 37.3 Å². The Balaban J connectivity index is 1.88. The van der Waals surface area contributed by atoms with Crippen molar-refractivity contribution in [3.63, 3.8) is 0 Å². The molecule has 0 unspecified atom stereocenters. The van der Waals surface area contributed by atoms with E-state index in [0.29, 0.717) is 27.1 Å². The summed E-state index contributed by atoms with van der Waals surface area (Å²) in [5, 5.41) is 13.4. The van der Waals surface area contributed by atoms with Crippen LogP contribution in [-0.2, 0) is 16.2 Å². The van der Waals surface area contributed by atoms with Gasteiger partial charge in [0.25, 0.3) is 17.5 Å². The summed E-state index contributed by atoms with van der Waals surface area (Å²) < 4.78 is 11.7. The molecule has 0 saturated carbocycles. The van der Waals surface area contributed by atoms with Gasteiger partial charge in [0.15, 0.2) is 16.6 Å². The summed E-state index contributed by atoms with van der Waals surface area (Å²) in [5.74, 6) is -0.392. The molecule has 0 aliphatic carbocycles. The van der Waals surface area contributed by atoms with Crippen LogP contribution in [-0.4, -0.2) is 40.9 Å². The number of ether oxygens (including phenoxy) is 2. The number of amides is 2. The second kappa shape index (κ2) is 9.23. The second-order valence-corrected chi connectivity index (χ2v) is 7.67. The van der Waals surface area contributed by atoms with Gasteiger partial charge in [-0.2, -0.15) is 0 Å². The molecule has 2 aromatic carbocycles. The Morgan fingerprint density at radius 1 is 1.29 bits per heavy atom. The van der Waals surface area contributed by atoms with Crippen LogP contribution >= 0.6 is 28.1 Å². The summed E-state index contributed by atoms with van der Waals surface area (Å²) in [7, 11) is 2.92. The van der Waals surface area contributed by atoms with Gasteiger partial charge >= 0.3 is 0 Å². The Hall–Kier alpha value is -3.31. The van der Waals surface area contributed by atoms with Gasteiger partial charge in [-0.1, -0.05) is 12.1 Å². The van der Waals surface area contributed by atoms with Crippen molar-refractivity contribution in [3.05, 3.63) is 67.7 Å². The first-order valence-corrected chi connectivity index (χ1v) is 10.00. The van der Waals surface area contributed by atoms with Gasteiger partial charge in [-0.15, -0.1) is 0 Å². The molecule has 1 aliphatic rings. The molecule has 31 heavy (non-hydrogen) atoms. The number of benzene rings is 2. The van der Waals surface area contributed by atoms with Gasteiger partial charge in [-0.25, -0.2) is 0 Å². The largest absolute Gasteiger partial charge is 0.493 e. The van der Waals surface area contributed by atoms with Crippen LogP contribution in [0.3, 0.4) is 0 Å². The van der Waals surface area contributed by atoms with Crippen LogP contribution in [0, 0.1) is 10.1 Å². The molecule has 1 aliphatic heterocycles. The van der Waals surface area contributed by atoms with Gasteiger partial charge in [0.05, 0.1) is 16.5 Å². The Morgan fingerprint density at radius 2 is 2.03 bits per heavy atom. The number of nitro groups is 1. The SMILES string of the molecule is COc1cc(C=C2C(=O)NC(=S)N(C)C2=O)cc(Br)c1OCc1cccc([N+](=O)[O-])c1. The molecule has 11 heteroatoms. The smallest absolute Gasteiger partial charge is 0.269 e. The average Bonchev–Trinajstić information content (AvgIpc) is 2.74. The topological polar surface area (TPSA) is 111 Å². The lowest BCUT2D eigenvalue weighted by Gasteiger charge is -2.25. The first kappa shape index (κ1) is 22.4. The fourth-order valence-corrected chi connectivity index (χ4v) is 3.54. The van der Waals surface area contributed by atoms with E-state index in [-0.39, 0.29) is 23.0 Å². The molecule has 1 N–H and O–H groups in total. The van der Waals surface area contributed by atoms with Crippen LogP contribution in [0.4, 0.5) is 5.69 Å². The number of hydrogen-bond donors (Lipinski definition) is 1. The maximum absolute atomic E-state index is 12.4. The van der Waals surface area contributed by atoms with E-state index in [4.69, 9.17) is 21.7 Å². The number of non-ortho nitro benzene ring substituents is 1. The number of carbonyl (C=O) groups excluding carboxylic acids is 2. The van der Waals surface area contributed by atoms with Crippen molar-refractivity contribution < 1.29 is 24.0 Å². The predicted molar refractivity (Wildman–Crippen MR) is 120 cm³/mol. The van der Waals surface area contributed by atoms with E-state index in [0.717, 1.165) is 0 Å². The molecule has 1 fully saturated rings. The van der Waals surface area contributed by atoms with Crippen LogP contribution in [0.5, 0.6) is 11.5 Å². The third-order valence-electron chi connectivity index (χ3n) is 4.37. The number of halogens is 1. The van der Waals surface area contributed by atoms with Gasteiger partial charge in [0.1, 0.15) is 12.2 Å². The number of hydrogen-bond acceptors (Lipinski definition) is 7. The van der Waals surface area contributed by atoms with Crippen molar-refractivity contribution in [1.29, 1.82) is 0 Å². The van der Waals surface area contributed by atoms with Crippen LogP contribution in [0.15, 0.2) is 46.4 Å². The number of nitrogens with zero attached hydrogens (tertiary/aromatic N) is 2. The minimum Gasteiger partial charge on any atom is -0.493 e. The first-order valence-electron chi connectivity index (χ1n) is 8.80. The van der Waals surface area contributed by atoms with Gasteiger partial charge in [-0.3, -0.25) is 29.9 Å². The predicted octanol–water partition coefficient (Wildman–Crippen LogP) is 3.20. The standard InChI is InChI=1S/C20H16BrN3O6S/c1-23-19(26)14(18(25)22-20(23)31)7-12-8-15(21)17(16(9-12)29-2)30-10-11-4-3-5-13(6-11)24(27)28/h3-9H,10H2,1-2H3,(H,22,25,31). The van der Waals surface area contributed by atoms with Gasteiger partial charge < -0.3 is 9.47 Å². The van der Waals surface area contributed by atoms with E-state index < -0.39 is 16.7 Å². The average molecular weight is 506 g/mol. The molecule has 1 heterocycles. The van der Waals surface area contributed by atoms with Crippen LogP contribution in [0.25, 0.3) is 6.08 Å². The van der Waals surface area contributed by atoms with Crippen molar-refractivity contribution >= 4 is 56.8 Å². The lowest BCUT2D eigenvalue weighted by atomic mass is 10.1. The summed E-state index contributed by atoms with van der Waals surface area (Å²) >= 11 is 8.34. The summed E-state index contributed by atoms with van der Waals surface area (Å²) in [6.45, 7) is 0.0697. The number of thiocarbonyl (C=S) groups is 1. The van der Waals surface area contributed by atoms with Crippen LogP contribution < -0.4 is 14.8 Å². The molecule has 9 nitrogen and oxygen atoms in total. The summed E-state index contributed by atoms with van der Waals surface area (Å²) in [4.78, 5) is 36.2. The number of nitro benzene ring substituents is 1. The quantitative estimate of drug-likeness (QED) is 0.211. The zero-order valence-electron chi connectivity index (χ0n) is 16.4. The maximum Gasteiger partial charge on any atom is 0.269 e. The number of likely N-dealkylation sites (N-methyl/N-ethyl adjacent to an activating group) is 1. The van der Waals surface area contributed by atoms with E-state index in [1.807, 2.05) is 0 Å².